The molecule has 8 nitrogen and oxygen atoms in total. The van der Waals surface area contributed by atoms with Gasteiger partial charge in [-0.2, -0.15) is 0 Å². The fourth-order valence-electron chi connectivity index (χ4n) is 3.45. The van der Waals surface area contributed by atoms with Crippen LogP contribution in [-0.4, -0.2) is 57.0 Å². The molecule has 32 heavy (non-hydrogen) atoms. The van der Waals surface area contributed by atoms with Gasteiger partial charge in [-0.25, -0.2) is 4.79 Å². The zero-order chi connectivity index (χ0) is 23.4. The number of rotatable bonds is 7. The van der Waals surface area contributed by atoms with E-state index in [0.29, 0.717) is 29.1 Å². The number of amides is 2. The van der Waals surface area contributed by atoms with Crippen molar-refractivity contribution in [3.8, 4) is 0 Å². The molecule has 1 aliphatic heterocycles. The van der Waals surface area contributed by atoms with Crippen molar-refractivity contribution in [2.24, 2.45) is 0 Å². The van der Waals surface area contributed by atoms with Gasteiger partial charge in [-0.15, -0.1) is 0 Å². The summed E-state index contributed by atoms with van der Waals surface area (Å²) < 4.78 is 5.02. The maximum absolute atomic E-state index is 12.6. The lowest BCUT2D eigenvalue weighted by atomic mass is 10.0. The molecule has 2 aromatic rings. The summed E-state index contributed by atoms with van der Waals surface area (Å²) in [5.41, 5.74) is 4.44. The number of ether oxygens (including phenoxy) is 1. The van der Waals surface area contributed by atoms with Crippen LogP contribution in [0.1, 0.15) is 29.8 Å². The minimum atomic E-state index is -0.425. The van der Waals surface area contributed by atoms with Crippen molar-refractivity contribution in [1.29, 1.82) is 0 Å². The van der Waals surface area contributed by atoms with E-state index in [4.69, 9.17) is 4.74 Å². The summed E-state index contributed by atoms with van der Waals surface area (Å²) in [5, 5.41) is 6.07. The number of allylic oxidation sites excluding steroid dienone is 1. The Bertz CT molecular complexity index is 1070. The van der Waals surface area contributed by atoms with Crippen molar-refractivity contribution in [1.82, 2.24) is 4.90 Å². The van der Waals surface area contributed by atoms with Crippen LogP contribution in [0.2, 0.25) is 0 Å². The predicted molar refractivity (Wildman–Crippen MR) is 126 cm³/mol. The van der Waals surface area contributed by atoms with Gasteiger partial charge < -0.3 is 25.2 Å². The van der Waals surface area contributed by atoms with Crippen LogP contribution in [0.3, 0.4) is 0 Å². The number of hydrogen-bond donors (Lipinski definition) is 2. The van der Waals surface area contributed by atoms with Crippen LogP contribution in [0, 0.1) is 0 Å². The normalized spacial score (nSPS) is 14.0. The third kappa shape index (κ3) is 4.97. The van der Waals surface area contributed by atoms with E-state index in [1.807, 2.05) is 50.2 Å². The first kappa shape index (κ1) is 23.0. The molecule has 0 saturated heterocycles. The van der Waals surface area contributed by atoms with Crippen LogP contribution in [0.5, 0.6) is 0 Å². The Morgan fingerprint density at radius 2 is 1.75 bits per heavy atom. The smallest absolute Gasteiger partial charge is 0.338 e. The summed E-state index contributed by atoms with van der Waals surface area (Å²) in [7, 11) is 5.44. The number of hydrogen-bond acceptors (Lipinski definition) is 6. The predicted octanol–water partition coefficient (Wildman–Crippen LogP) is 3.18. The number of carbonyl (C=O) groups excluding carboxylic acids is 3. The molecule has 2 N–H and O–H groups in total. The lowest BCUT2D eigenvalue weighted by molar-refractivity contribution is -0.119. The summed E-state index contributed by atoms with van der Waals surface area (Å²) >= 11 is 0. The van der Waals surface area contributed by atoms with E-state index in [1.165, 1.54) is 0 Å². The first-order valence-corrected chi connectivity index (χ1v) is 10.3. The van der Waals surface area contributed by atoms with Crippen LogP contribution in [0.4, 0.5) is 17.1 Å². The molecule has 1 heterocycles. The van der Waals surface area contributed by atoms with Gasteiger partial charge in [0.25, 0.3) is 5.91 Å². The summed E-state index contributed by atoms with van der Waals surface area (Å²) in [4.78, 5) is 40.2. The molecule has 8 heteroatoms. The molecule has 0 unspecified atom stereocenters. The zero-order valence-electron chi connectivity index (χ0n) is 19.0. The Morgan fingerprint density at radius 3 is 2.38 bits per heavy atom. The SMILES string of the molecule is CCOC(=O)c1ccc2c(c1)NC(=O)C2=C(C)Nc1ccc(N(C)C(=O)CN(C)C)cc1. The van der Waals surface area contributed by atoms with E-state index in [-0.39, 0.29) is 18.4 Å². The monoisotopic (exact) mass is 436 g/mol. The molecule has 168 valence electrons. The second kappa shape index (κ2) is 9.65. The fraction of sp³-hybridized carbons (Fsp3) is 0.292. The molecule has 1 aliphatic rings. The molecule has 2 amide bonds. The van der Waals surface area contributed by atoms with Crippen molar-refractivity contribution in [3.63, 3.8) is 0 Å². The number of fused-ring (bicyclic) bond motifs is 1. The van der Waals surface area contributed by atoms with E-state index < -0.39 is 5.97 Å². The number of benzene rings is 2. The van der Waals surface area contributed by atoms with Crippen molar-refractivity contribution in [2.75, 3.05) is 49.8 Å². The lowest BCUT2D eigenvalue weighted by Gasteiger charge is -2.20. The first-order chi connectivity index (χ1) is 15.2. The molecular weight excluding hydrogens is 408 g/mol. The van der Waals surface area contributed by atoms with Crippen LogP contribution in [0.15, 0.2) is 48.2 Å². The van der Waals surface area contributed by atoms with E-state index in [2.05, 4.69) is 10.6 Å². The summed E-state index contributed by atoms with van der Waals surface area (Å²) in [6, 6.07) is 12.4. The number of anilines is 3. The fourth-order valence-corrected chi connectivity index (χ4v) is 3.45. The van der Waals surface area contributed by atoms with E-state index in [9.17, 15) is 14.4 Å². The second-order valence-electron chi connectivity index (χ2n) is 7.80. The van der Waals surface area contributed by atoms with Gasteiger partial charge in [0.2, 0.25) is 5.91 Å². The third-order valence-electron chi connectivity index (χ3n) is 5.06. The highest BCUT2D eigenvalue weighted by Crippen LogP contribution is 2.35. The molecule has 0 bridgehead atoms. The highest BCUT2D eigenvalue weighted by molar-refractivity contribution is 6.32. The van der Waals surface area contributed by atoms with Gasteiger partial charge in [0.15, 0.2) is 0 Å². The molecule has 0 saturated carbocycles. The van der Waals surface area contributed by atoms with Gasteiger partial charge in [-0.1, -0.05) is 6.07 Å². The molecule has 0 atom stereocenters. The number of nitrogens with zero attached hydrogens (tertiary/aromatic N) is 2. The Labute approximate surface area is 187 Å². The second-order valence-corrected chi connectivity index (χ2v) is 7.80. The maximum Gasteiger partial charge on any atom is 0.338 e. The first-order valence-electron chi connectivity index (χ1n) is 10.3. The van der Waals surface area contributed by atoms with Crippen LogP contribution in [-0.2, 0) is 14.3 Å². The van der Waals surface area contributed by atoms with E-state index in [1.54, 1.807) is 37.1 Å². The number of esters is 1. The van der Waals surface area contributed by atoms with Gasteiger partial charge in [0, 0.05) is 29.7 Å². The van der Waals surface area contributed by atoms with Crippen LogP contribution in [0.25, 0.3) is 5.57 Å². The van der Waals surface area contributed by atoms with Gasteiger partial charge in [0.05, 0.1) is 30.0 Å². The van der Waals surface area contributed by atoms with Crippen LogP contribution >= 0.6 is 0 Å². The number of nitrogens with one attached hydrogen (secondary N) is 2. The molecule has 0 radical (unpaired) electrons. The standard InChI is InChI=1S/C24H28N4O4/c1-6-32-24(31)16-7-12-19-20(13-16)26-23(30)22(19)15(2)25-17-8-10-18(11-9-17)28(5)21(29)14-27(3)4/h7-13,25H,6,14H2,1-5H3,(H,26,30). The minimum absolute atomic E-state index is 0.00423. The topological polar surface area (TPSA) is 91.0 Å². The maximum atomic E-state index is 12.6. The van der Waals surface area contributed by atoms with E-state index >= 15 is 0 Å². The van der Waals surface area contributed by atoms with E-state index in [0.717, 1.165) is 16.9 Å². The molecule has 3 rings (SSSR count). The number of carbonyl (C=O) groups is 3. The zero-order valence-corrected chi connectivity index (χ0v) is 19.0. The van der Waals surface area contributed by atoms with Gasteiger partial charge >= 0.3 is 5.97 Å². The highest BCUT2D eigenvalue weighted by Gasteiger charge is 2.27. The van der Waals surface area contributed by atoms with Crippen molar-refractivity contribution in [2.45, 2.75) is 13.8 Å². The number of likely N-dealkylation sites (N-methyl/N-ethyl adjacent to an activating group) is 2. The van der Waals surface area contributed by atoms with Gasteiger partial charge in [-0.05, 0) is 64.3 Å². The van der Waals surface area contributed by atoms with Crippen molar-refractivity contribution >= 4 is 40.4 Å². The summed E-state index contributed by atoms with van der Waals surface area (Å²) in [6.07, 6.45) is 0. The molecule has 2 aromatic carbocycles. The average Bonchev–Trinajstić information content (AvgIpc) is 3.08. The van der Waals surface area contributed by atoms with Crippen molar-refractivity contribution < 1.29 is 19.1 Å². The van der Waals surface area contributed by atoms with Crippen LogP contribution < -0.4 is 15.5 Å². The summed E-state index contributed by atoms with van der Waals surface area (Å²) in [6.45, 7) is 4.18. The molecule has 0 fully saturated rings. The minimum Gasteiger partial charge on any atom is -0.462 e. The lowest BCUT2D eigenvalue weighted by Crippen LogP contribution is -2.34. The van der Waals surface area contributed by atoms with Gasteiger partial charge in [0.1, 0.15) is 0 Å². The average molecular weight is 437 g/mol. The third-order valence-corrected chi connectivity index (χ3v) is 5.06. The quantitative estimate of drug-likeness (QED) is 0.512. The highest BCUT2D eigenvalue weighted by atomic mass is 16.5. The molecule has 0 aliphatic carbocycles. The summed E-state index contributed by atoms with van der Waals surface area (Å²) in [5.74, 6) is -0.668. The Hall–Kier alpha value is -3.65. The largest absolute Gasteiger partial charge is 0.462 e. The van der Waals surface area contributed by atoms with Gasteiger partial charge in [-0.3, -0.25) is 9.59 Å². The molecule has 0 spiro atoms. The Morgan fingerprint density at radius 1 is 1.06 bits per heavy atom. The molecular formula is C24H28N4O4. The Balaban J connectivity index is 1.79. The van der Waals surface area contributed by atoms with Crippen molar-refractivity contribution in [3.05, 3.63) is 59.3 Å². The molecule has 0 aromatic heterocycles. The Kier molecular flexibility index (Phi) is 6.95.